The molecule has 0 unspecified atom stereocenters. The highest BCUT2D eigenvalue weighted by atomic mass is 19.1. The first-order valence-corrected chi connectivity index (χ1v) is 11.5. The highest BCUT2D eigenvalue weighted by Gasteiger charge is 2.28. The molecule has 1 fully saturated rings. The third-order valence-electron chi connectivity index (χ3n) is 6.90. The van der Waals surface area contributed by atoms with Gasteiger partial charge in [0.1, 0.15) is 5.82 Å². The molecule has 0 spiro atoms. The van der Waals surface area contributed by atoms with Crippen LogP contribution < -0.4 is 0 Å². The lowest BCUT2D eigenvalue weighted by molar-refractivity contribution is 0.0844. The van der Waals surface area contributed by atoms with Gasteiger partial charge in [0.05, 0.1) is 11.0 Å². The van der Waals surface area contributed by atoms with Gasteiger partial charge in [-0.3, -0.25) is 5.10 Å². The largest absolute Gasteiger partial charge is 0.381 e. The molecule has 0 atom stereocenters. The van der Waals surface area contributed by atoms with Crippen LogP contribution in [0.3, 0.4) is 0 Å². The van der Waals surface area contributed by atoms with E-state index in [9.17, 15) is 4.39 Å². The second kappa shape index (κ2) is 7.85. The molecule has 3 heterocycles. The Morgan fingerprint density at radius 3 is 2.39 bits per heavy atom. The lowest BCUT2D eigenvalue weighted by Crippen LogP contribution is -2.17. The zero-order valence-electron chi connectivity index (χ0n) is 18.9. The first-order chi connectivity index (χ1) is 16.1. The number of H-pyrrole nitrogens is 1. The van der Waals surface area contributed by atoms with Crippen LogP contribution in [-0.4, -0.2) is 28.0 Å². The minimum absolute atomic E-state index is 0.227. The topological polar surface area (TPSA) is 42.8 Å². The van der Waals surface area contributed by atoms with Crippen molar-refractivity contribution < 1.29 is 9.13 Å². The maximum absolute atomic E-state index is 13.9. The van der Waals surface area contributed by atoms with Crippen LogP contribution in [0.2, 0.25) is 0 Å². The standard InChI is InChI=1S/C28H26FN3O/c1-17-3-5-19(6-4-17)27-24-15-25-23(18(2)30-31-25)16-26(24)32(22-9-7-21(29)8-10-22)28(27)20-11-13-33-14-12-20/h3-10,15-16,20H,11-14H2,1-2H3,(H,30,31). The van der Waals surface area contributed by atoms with Crippen molar-refractivity contribution in [1.82, 2.24) is 14.8 Å². The number of aryl methyl sites for hydroxylation is 2. The third-order valence-corrected chi connectivity index (χ3v) is 6.90. The zero-order valence-corrected chi connectivity index (χ0v) is 18.9. The molecule has 166 valence electrons. The summed E-state index contributed by atoms with van der Waals surface area (Å²) in [5, 5.41) is 9.96. The number of ether oxygens (including phenoxy) is 1. The van der Waals surface area contributed by atoms with Crippen molar-refractivity contribution >= 4 is 21.8 Å². The predicted molar refractivity (Wildman–Crippen MR) is 131 cm³/mol. The summed E-state index contributed by atoms with van der Waals surface area (Å²) in [5.74, 6) is 0.122. The molecule has 2 aromatic heterocycles. The van der Waals surface area contributed by atoms with Gasteiger partial charge in [-0.1, -0.05) is 29.8 Å². The molecule has 0 saturated carbocycles. The average Bonchev–Trinajstić information content (AvgIpc) is 3.37. The second-order valence-electron chi connectivity index (χ2n) is 9.06. The van der Waals surface area contributed by atoms with Crippen LogP contribution in [0.4, 0.5) is 4.39 Å². The fraction of sp³-hybridized carbons (Fsp3) is 0.250. The lowest BCUT2D eigenvalue weighted by Gasteiger charge is -2.26. The Morgan fingerprint density at radius 1 is 0.939 bits per heavy atom. The Balaban J connectivity index is 1.75. The van der Waals surface area contributed by atoms with Crippen LogP contribution in [0, 0.1) is 19.7 Å². The molecule has 0 amide bonds. The van der Waals surface area contributed by atoms with Crippen molar-refractivity contribution in [1.29, 1.82) is 0 Å². The molecule has 33 heavy (non-hydrogen) atoms. The Hall–Kier alpha value is -3.44. The SMILES string of the molecule is Cc1ccc(-c2c(C3CCOCC3)n(-c3ccc(F)cc3)c3cc4c(C)[nH]nc4cc23)cc1. The van der Waals surface area contributed by atoms with Crippen molar-refractivity contribution in [2.75, 3.05) is 13.2 Å². The molecule has 1 aliphatic rings. The van der Waals surface area contributed by atoms with Gasteiger partial charge in [0.15, 0.2) is 0 Å². The summed E-state index contributed by atoms with van der Waals surface area (Å²) < 4.78 is 21.9. The van der Waals surface area contributed by atoms with Gasteiger partial charge in [-0.2, -0.15) is 5.10 Å². The molecule has 1 saturated heterocycles. The van der Waals surface area contributed by atoms with E-state index >= 15 is 0 Å². The van der Waals surface area contributed by atoms with Crippen LogP contribution in [0.25, 0.3) is 38.6 Å². The van der Waals surface area contributed by atoms with Gasteiger partial charge in [0.25, 0.3) is 0 Å². The molecule has 6 rings (SSSR count). The summed E-state index contributed by atoms with van der Waals surface area (Å²) in [6, 6.07) is 20.0. The van der Waals surface area contributed by atoms with E-state index in [1.807, 2.05) is 19.1 Å². The molecule has 3 aromatic carbocycles. The number of hydrogen-bond acceptors (Lipinski definition) is 2. The number of aromatic nitrogens is 3. The van der Waals surface area contributed by atoms with Gasteiger partial charge < -0.3 is 9.30 Å². The molecule has 4 nitrogen and oxygen atoms in total. The van der Waals surface area contributed by atoms with E-state index < -0.39 is 0 Å². The van der Waals surface area contributed by atoms with E-state index in [1.54, 1.807) is 12.1 Å². The highest BCUT2D eigenvalue weighted by molar-refractivity contribution is 6.06. The Kier molecular flexibility index (Phi) is 4.80. The lowest BCUT2D eigenvalue weighted by atomic mass is 9.89. The monoisotopic (exact) mass is 439 g/mol. The number of halogens is 1. The van der Waals surface area contributed by atoms with E-state index in [-0.39, 0.29) is 5.82 Å². The fourth-order valence-corrected chi connectivity index (χ4v) is 5.19. The summed E-state index contributed by atoms with van der Waals surface area (Å²) in [6.45, 7) is 5.67. The quantitative estimate of drug-likeness (QED) is 0.335. The number of fused-ring (bicyclic) bond motifs is 2. The zero-order chi connectivity index (χ0) is 22.5. The molecule has 1 N–H and O–H groups in total. The van der Waals surface area contributed by atoms with Crippen molar-refractivity contribution in [3.8, 4) is 16.8 Å². The average molecular weight is 440 g/mol. The predicted octanol–water partition coefficient (Wildman–Crippen LogP) is 6.82. The van der Waals surface area contributed by atoms with Gasteiger partial charge in [-0.15, -0.1) is 0 Å². The Labute approximate surface area is 192 Å². The normalized spacial score (nSPS) is 15.0. The molecular weight excluding hydrogens is 413 g/mol. The molecule has 0 bridgehead atoms. The highest BCUT2D eigenvalue weighted by Crippen LogP contribution is 2.44. The van der Waals surface area contributed by atoms with Crippen LogP contribution in [0.5, 0.6) is 0 Å². The summed E-state index contributed by atoms with van der Waals surface area (Å²) in [5.41, 5.74) is 9.05. The van der Waals surface area contributed by atoms with E-state index in [0.717, 1.165) is 53.9 Å². The summed E-state index contributed by atoms with van der Waals surface area (Å²) >= 11 is 0. The number of nitrogens with zero attached hydrogens (tertiary/aromatic N) is 2. The Bertz CT molecular complexity index is 1460. The summed E-state index contributed by atoms with van der Waals surface area (Å²) in [7, 11) is 0. The molecule has 0 radical (unpaired) electrons. The first-order valence-electron chi connectivity index (χ1n) is 11.5. The maximum atomic E-state index is 13.9. The molecule has 0 aliphatic carbocycles. The van der Waals surface area contributed by atoms with E-state index in [1.165, 1.54) is 27.8 Å². The van der Waals surface area contributed by atoms with Crippen LogP contribution >= 0.6 is 0 Å². The number of benzene rings is 3. The molecule has 1 aliphatic heterocycles. The van der Waals surface area contributed by atoms with Crippen molar-refractivity contribution in [3.05, 3.63) is 83.4 Å². The van der Waals surface area contributed by atoms with E-state index in [2.05, 4.69) is 58.1 Å². The molecule has 5 aromatic rings. The van der Waals surface area contributed by atoms with Gasteiger partial charge in [0, 0.05) is 52.5 Å². The number of nitrogens with one attached hydrogen (secondary N) is 1. The van der Waals surface area contributed by atoms with Gasteiger partial charge in [-0.25, -0.2) is 4.39 Å². The molecule has 5 heteroatoms. The summed E-state index contributed by atoms with van der Waals surface area (Å²) in [6.07, 6.45) is 1.93. The Morgan fingerprint density at radius 2 is 1.67 bits per heavy atom. The van der Waals surface area contributed by atoms with E-state index in [4.69, 9.17) is 4.74 Å². The van der Waals surface area contributed by atoms with Crippen LogP contribution in [-0.2, 0) is 4.74 Å². The van der Waals surface area contributed by atoms with Crippen molar-refractivity contribution in [3.63, 3.8) is 0 Å². The van der Waals surface area contributed by atoms with Gasteiger partial charge in [-0.05, 0) is 68.7 Å². The smallest absolute Gasteiger partial charge is 0.123 e. The van der Waals surface area contributed by atoms with Crippen molar-refractivity contribution in [2.24, 2.45) is 0 Å². The third kappa shape index (κ3) is 3.35. The van der Waals surface area contributed by atoms with E-state index in [0.29, 0.717) is 5.92 Å². The second-order valence-corrected chi connectivity index (χ2v) is 9.06. The minimum Gasteiger partial charge on any atom is -0.381 e. The number of aromatic amines is 1. The van der Waals surface area contributed by atoms with Crippen molar-refractivity contribution in [2.45, 2.75) is 32.6 Å². The minimum atomic E-state index is -0.227. The fourth-order valence-electron chi connectivity index (χ4n) is 5.19. The number of rotatable bonds is 3. The summed E-state index contributed by atoms with van der Waals surface area (Å²) in [4.78, 5) is 0. The van der Waals surface area contributed by atoms with Crippen LogP contribution in [0.15, 0.2) is 60.7 Å². The van der Waals surface area contributed by atoms with Gasteiger partial charge in [0.2, 0.25) is 0 Å². The number of hydrogen-bond donors (Lipinski definition) is 1. The molecular formula is C28H26FN3O. The van der Waals surface area contributed by atoms with Gasteiger partial charge >= 0.3 is 0 Å². The first kappa shape index (κ1) is 20.2. The maximum Gasteiger partial charge on any atom is 0.123 e. The van der Waals surface area contributed by atoms with Crippen LogP contribution in [0.1, 0.15) is 35.7 Å².